The molecule has 19 heavy (non-hydrogen) atoms. The molecule has 0 radical (unpaired) electrons. The van der Waals surface area contributed by atoms with Crippen LogP contribution in [0.4, 0.5) is 8.78 Å². The van der Waals surface area contributed by atoms with Gasteiger partial charge in [0.2, 0.25) is 0 Å². The summed E-state index contributed by atoms with van der Waals surface area (Å²) in [5.41, 5.74) is 1.54. The van der Waals surface area contributed by atoms with Crippen LogP contribution in [0, 0.1) is 18.6 Å². The van der Waals surface area contributed by atoms with Crippen molar-refractivity contribution < 1.29 is 13.6 Å². The van der Waals surface area contributed by atoms with Crippen molar-refractivity contribution in [2.45, 2.75) is 13.3 Å². The number of benzene rings is 2. The van der Waals surface area contributed by atoms with E-state index in [4.69, 9.17) is 0 Å². The van der Waals surface area contributed by atoms with Crippen molar-refractivity contribution in [2.24, 2.45) is 0 Å². The lowest BCUT2D eigenvalue weighted by atomic mass is 10.0. The van der Waals surface area contributed by atoms with Crippen LogP contribution in [0.3, 0.4) is 0 Å². The van der Waals surface area contributed by atoms with Gasteiger partial charge in [-0.05, 0) is 54.4 Å². The smallest absolute Gasteiger partial charge is 0.167 e. The van der Waals surface area contributed by atoms with E-state index < -0.39 is 11.6 Å². The van der Waals surface area contributed by atoms with Crippen molar-refractivity contribution in [3.8, 4) is 0 Å². The maximum Gasteiger partial charge on any atom is 0.167 e. The van der Waals surface area contributed by atoms with Crippen LogP contribution in [0.15, 0.2) is 40.9 Å². The molecular weight excluding hydrogens is 314 g/mol. The molecule has 1 nitrogen and oxygen atoms in total. The maximum atomic E-state index is 13.2. The molecule has 0 bridgehead atoms. The second-order valence-electron chi connectivity index (χ2n) is 4.39. The van der Waals surface area contributed by atoms with Crippen LogP contribution in [-0.4, -0.2) is 5.78 Å². The summed E-state index contributed by atoms with van der Waals surface area (Å²) < 4.78 is 27.0. The summed E-state index contributed by atoms with van der Waals surface area (Å²) in [6, 6.07) is 8.47. The predicted octanol–water partition coefficient (Wildman–Crippen LogP) is 4.46. The molecule has 0 saturated heterocycles. The van der Waals surface area contributed by atoms with Crippen LogP contribution < -0.4 is 0 Å². The molecule has 0 atom stereocenters. The minimum atomic E-state index is -0.441. The summed E-state index contributed by atoms with van der Waals surface area (Å²) in [6.45, 7) is 1.72. The van der Waals surface area contributed by atoms with Gasteiger partial charge < -0.3 is 0 Å². The zero-order chi connectivity index (χ0) is 14.0. The molecule has 0 fully saturated rings. The van der Waals surface area contributed by atoms with Crippen molar-refractivity contribution in [3.63, 3.8) is 0 Å². The van der Waals surface area contributed by atoms with Crippen molar-refractivity contribution in [1.29, 1.82) is 0 Å². The third-order valence-corrected chi connectivity index (χ3v) is 3.11. The van der Waals surface area contributed by atoms with Gasteiger partial charge in [-0.2, -0.15) is 0 Å². The number of hydrogen-bond donors (Lipinski definition) is 0. The average Bonchev–Trinajstić information content (AvgIpc) is 2.25. The fourth-order valence-electron chi connectivity index (χ4n) is 1.90. The summed E-state index contributed by atoms with van der Waals surface area (Å²) in [5.74, 6) is -1.09. The van der Waals surface area contributed by atoms with Gasteiger partial charge in [0.05, 0.1) is 0 Å². The van der Waals surface area contributed by atoms with Gasteiger partial charge >= 0.3 is 0 Å². The largest absolute Gasteiger partial charge is 0.294 e. The molecule has 0 amide bonds. The van der Waals surface area contributed by atoms with E-state index in [-0.39, 0.29) is 12.2 Å². The van der Waals surface area contributed by atoms with Gasteiger partial charge in [-0.15, -0.1) is 0 Å². The molecule has 0 aromatic heterocycles. The summed E-state index contributed by atoms with van der Waals surface area (Å²) in [5, 5.41) is 0. The highest BCUT2D eigenvalue weighted by atomic mass is 79.9. The number of rotatable bonds is 3. The zero-order valence-corrected chi connectivity index (χ0v) is 11.8. The van der Waals surface area contributed by atoms with Crippen LogP contribution in [-0.2, 0) is 6.42 Å². The molecule has 0 aliphatic carbocycles. The lowest BCUT2D eigenvalue weighted by molar-refractivity contribution is 0.0992. The minimum absolute atomic E-state index is 0.0409. The quantitative estimate of drug-likeness (QED) is 0.762. The summed E-state index contributed by atoms with van der Waals surface area (Å²) in [6.07, 6.45) is 0.0409. The first-order valence-corrected chi connectivity index (χ1v) is 6.49. The lowest BCUT2D eigenvalue weighted by Gasteiger charge is -2.04. The Morgan fingerprint density at radius 3 is 2.37 bits per heavy atom. The van der Waals surface area contributed by atoms with Crippen LogP contribution in [0.5, 0.6) is 0 Å². The van der Waals surface area contributed by atoms with Gasteiger partial charge in [0.1, 0.15) is 11.6 Å². The zero-order valence-electron chi connectivity index (χ0n) is 10.2. The van der Waals surface area contributed by atoms with E-state index in [0.29, 0.717) is 21.2 Å². The van der Waals surface area contributed by atoms with E-state index >= 15 is 0 Å². The molecule has 2 aromatic rings. The average molecular weight is 325 g/mol. The van der Waals surface area contributed by atoms with Gasteiger partial charge in [-0.3, -0.25) is 4.79 Å². The number of carbonyl (C=O) groups excluding carboxylic acids is 1. The molecule has 0 spiro atoms. The molecule has 0 unspecified atom stereocenters. The highest BCUT2D eigenvalue weighted by Gasteiger charge is 2.10. The third-order valence-electron chi connectivity index (χ3n) is 2.65. The number of Topliss-reactive ketones (excluding diaryl/α,β-unsaturated/α-hetero) is 1. The SMILES string of the molecule is Cc1cc(F)cc(C(=O)Cc2cc(F)cc(Br)c2)c1. The standard InChI is InChI=1S/C15H11BrF2O/c1-9-2-11(7-13(17)3-9)15(19)6-10-4-12(16)8-14(18)5-10/h2-5,7-8H,6H2,1H3. The minimum Gasteiger partial charge on any atom is -0.294 e. The Labute approximate surface area is 118 Å². The van der Waals surface area contributed by atoms with Gasteiger partial charge in [-0.25, -0.2) is 8.78 Å². The highest BCUT2D eigenvalue weighted by molar-refractivity contribution is 9.10. The molecule has 4 heteroatoms. The Kier molecular flexibility index (Phi) is 4.10. The second-order valence-corrected chi connectivity index (χ2v) is 5.31. The Morgan fingerprint density at radius 2 is 1.74 bits per heavy atom. The Hall–Kier alpha value is -1.55. The van der Waals surface area contributed by atoms with Crippen LogP contribution >= 0.6 is 15.9 Å². The number of carbonyl (C=O) groups is 1. The first-order valence-electron chi connectivity index (χ1n) is 5.69. The van der Waals surface area contributed by atoms with Crippen LogP contribution in [0.2, 0.25) is 0 Å². The Bertz CT molecular complexity index is 598. The summed E-state index contributed by atoms with van der Waals surface area (Å²) in [7, 11) is 0. The van der Waals surface area contributed by atoms with E-state index in [9.17, 15) is 13.6 Å². The Balaban J connectivity index is 2.25. The monoisotopic (exact) mass is 324 g/mol. The second kappa shape index (κ2) is 5.61. The topological polar surface area (TPSA) is 17.1 Å². The molecule has 0 saturated carbocycles. The molecule has 0 aliphatic heterocycles. The van der Waals surface area contributed by atoms with E-state index in [0.717, 1.165) is 0 Å². The molecule has 2 aromatic carbocycles. The van der Waals surface area contributed by atoms with Gasteiger partial charge in [0, 0.05) is 16.5 Å². The van der Waals surface area contributed by atoms with Crippen molar-refractivity contribution >= 4 is 21.7 Å². The van der Waals surface area contributed by atoms with E-state index in [1.54, 1.807) is 19.1 Å². The summed E-state index contributed by atoms with van der Waals surface area (Å²) >= 11 is 3.17. The van der Waals surface area contributed by atoms with Crippen LogP contribution in [0.1, 0.15) is 21.5 Å². The van der Waals surface area contributed by atoms with Crippen molar-refractivity contribution in [1.82, 2.24) is 0 Å². The number of ketones is 1. The number of aryl methyl sites for hydroxylation is 1. The fourth-order valence-corrected chi connectivity index (χ4v) is 2.41. The molecule has 98 valence electrons. The normalized spacial score (nSPS) is 10.5. The molecule has 0 heterocycles. The summed E-state index contributed by atoms with van der Waals surface area (Å²) in [4.78, 5) is 12.0. The lowest BCUT2D eigenvalue weighted by Crippen LogP contribution is -2.05. The highest BCUT2D eigenvalue weighted by Crippen LogP contribution is 2.17. The van der Waals surface area contributed by atoms with E-state index in [2.05, 4.69) is 15.9 Å². The molecule has 0 N–H and O–H groups in total. The van der Waals surface area contributed by atoms with Crippen molar-refractivity contribution in [2.75, 3.05) is 0 Å². The van der Waals surface area contributed by atoms with Crippen LogP contribution in [0.25, 0.3) is 0 Å². The van der Waals surface area contributed by atoms with Gasteiger partial charge in [-0.1, -0.05) is 15.9 Å². The molecule has 2 rings (SSSR count). The van der Waals surface area contributed by atoms with E-state index in [1.807, 2.05) is 0 Å². The molecule has 0 aliphatic rings. The third kappa shape index (κ3) is 3.70. The predicted molar refractivity (Wildman–Crippen MR) is 73.3 cm³/mol. The Morgan fingerprint density at radius 1 is 1.05 bits per heavy atom. The maximum absolute atomic E-state index is 13.2. The first-order chi connectivity index (χ1) is 8.94. The number of halogens is 3. The van der Waals surface area contributed by atoms with Gasteiger partial charge in [0.15, 0.2) is 5.78 Å². The first kappa shape index (κ1) is 13.9. The van der Waals surface area contributed by atoms with Crippen molar-refractivity contribution in [3.05, 3.63) is 69.2 Å². The molecular formula is C15H11BrF2O. The van der Waals surface area contributed by atoms with E-state index in [1.165, 1.54) is 24.3 Å². The fraction of sp³-hybridized carbons (Fsp3) is 0.133. The number of hydrogen-bond acceptors (Lipinski definition) is 1. The van der Waals surface area contributed by atoms with Gasteiger partial charge in [0.25, 0.3) is 0 Å².